The Bertz CT molecular complexity index is 325. The molecule has 1 unspecified atom stereocenters. The van der Waals surface area contributed by atoms with E-state index in [9.17, 15) is 9.59 Å². The van der Waals surface area contributed by atoms with E-state index in [-0.39, 0.29) is 5.78 Å². The Hall–Kier alpha value is -1.38. The number of hydrogen-bond acceptors (Lipinski definition) is 3. The van der Waals surface area contributed by atoms with E-state index >= 15 is 0 Å². The van der Waals surface area contributed by atoms with Gasteiger partial charge in [0.25, 0.3) is 6.47 Å². The topological polar surface area (TPSA) is 43.4 Å². The molecule has 0 aliphatic heterocycles. The lowest BCUT2D eigenvalue weighted by Crippen LogP contribution is -2.31. The summed E-state index contributed by atoms with van der Waals surface area (Å²) in [5.74, 6) is -0.0331. The van der Waals surface area contributed by atoms with Crippen LogP contribution in [0.1, 0.15) is 25.7 Å². The van der Waals surface area contributed by atoms with Gasteiger partial charge in [-0.3, -0.25) is 9.59 Å². The van der Waals surface area contributed by atoms with Crippen molar-refractivity contribution in [3.63, 3.8) is 0 Å². The lowest BCUT2D eigenvalue weighted by Gasteiger charge is -2.25. The number of fused-ring (bicyclic) bond motifs is 1. The molecule has 0 bridgehead atoms. The molecule has 1 fully saturated rings. The molecule has 0 radical (unpaired) electrons. The number of ketones is 1. The summed E-state index contributed by atoms with van der Waals surface area (Å²) in [6, 6.07) is 0. The normalized spacial score (nSPS) is 26.0. The van der Waals surface area contributed by atoms with Crippen LogP contribution in [0.4, 0.5) is 0 Å². The van der Waals surface area contributed by atoms with Gasteiger partial charge < -0.3 is 4.74 Å². The molecule has 74 valence electrons. The van der Waals surface area contributed by atoms with Crippen molar-refractivity contribution in [2.75, 3.05) is 0 Å². The second kappa shape index (κ2) is 3.78. The van der Waals surface area contributed by atoms with Crippen molar-refractivity contribution in [2.24, 2.45) is 0 Å². The van der Waals surface area contributed by atoms with Crippen LogP contribution in [0.5, 0.6) is 0 Å². The molecule has 0 saturated heterocycles. The summed E-state index contributed by atoms with van der Waals surface area (Å²) in [6.45, 7) is 0.362. The fourth-order valence-corrected chi connectivity index (χ4v) is 2.01. The van der Waals surface area contributed by atoms with Gasteiger partial charge >= 0.3 is 0 Å². The van der Waals surface area contributed by atoms with E-state index in [1.54, 1.807) is 0 Å². The van der Waals surface area contributed by atoms with Gasteiger partial charge in [0.05, 0.1) is 0 Å². The zero-order valence-corrected chi connectivity index (χ0v) is 7.86. The Morgan fingerprint density at radius 2 is 2.14 bits per heavy atom. The lowest BCUT2D eigenvalue weighted by molar-refractivity contribution is -0.142. The van der Waals surface area contributed by atoms with Gasteiger partial charge in [0.1, 0.15) is 0 Å². The van der Waals surface area contributed by atoms with Gasteiger partial charge in [-0.05, 0) is 31.3 Å². The molecule has 0 heterocycles. The molecule has 2 aliphatic rings. The Balaban J connectivity index is 2.19. The zero-order chi connectivity index (χ0) is 9.97. The molecule has 3 nitrogen and oxygen atoms in total. The SMILES string of the molecule is O=COC1CCC2=CCCC=C2C1=O. The fraction of sp³-hybridized carbons (Fsp3) is 0.455. The minimum absolute atomic E-state index is 0.0331. The summed E-state index contributed by atoms with van der Waals surface area (Å²) in [4.78, 5) is 21.9. The van der Waals surface area contributed by atoms with Crippen LogP contribution in [0.15, 0.2) is 23.3 Å². The van der Waals surface area contributed by atoms with E-state index in [0.717, 1.165) is 30.4 Å². The summed E-state index contributed by atoms with van der Waals surface area (Å²) in [6.07, 6.45) is 6.93. The lowest BCUT2D eigenvalue weighted by atomic mass is 9.83. The van der Waals surface area contributed by atoms with E-state index in [4.69, 9.17) is 4.74 Å². The number of hydrogen-bond donors (Lipinski definition) is 0. The average molecular weight is 192 g/mol. The van der Waals surface area contributed by atoms with Crippen molar-refractivity contribution in [3.8, 4) is 0 Å². The summed E-state index contributed by atoms with van der Waals surface area (Å²) in [5, 5.41) is 0. The molecule has 0 amide bonds. The first-order chi connectivity index (χ1) is 6.83. The highest BCUT2D eigenvalue weighted by atomic mass is 16.5. The maximum atomic E-state index is 11.8. The van der Waals surface area contributed by atoms with Gasteiger partial charge in [-0.15, -0.1) is 0 Å². The first kappa shape index (κ1) is 9.19. The first-order valence-corrected chi connectivity index (χ1v) is 4.86. The van der Waals surface area contributed by atoms with Crippen LogP contribution in [-0.2, 0) is 14.3 Å². The second-order valence-corrected chi connectivity index (χ2v) is 3.55. The highest BCUT2D eigenvalue weighted by Gasteiger charge is 2.31. The van der Waals surface area contributed by atoms with Crippen LogP contribution in [-0.4, -0.2) is 18.4 Å². The van der Waals surface area contributed by atoms with Gasteiger partial charge in [0.15, 0.2) is 6.10 Å². The Labute approximate surface area is 82.4 Å². The maximum absolute atomic E-state index is 11.8. The van der Waals surface area contributed by atoms with Crippen LogP contribution >= 0.6 is 0 Å². The van der Waals surface area contributed by atoms with Gasteiger partial charge in [-0.25, -0.2) is 0 Å². The van der Waals surface area contributed by atoms with E-state index in [1.807, 2.05) is 6.08 Å². The predicted octanol–water partition coefficient (Wildman–Crippen LogP) is 1.54. The molecule has 1 saturated carbocycles. The molecule has 3 heteroatoms. The molecule has 2 rings (SSSR count). The van der Waals surface area contributed by atoms with Crippen molar-refractivity contribution in [3.05, 3.63) is 23.3 Å². The minimum atomic E-state index is -0.547. The number of carbonyl (C=O) groups is 2. The number of ether oxygens (including phenoxy) is 1. The van der Waals surface area contributed by atoms with E-state index in [2.05, 4.69) is 6.08 Å². The number of Topliss-reactive ketones (excluding diaryl/α,β-unsaturated/α-hetero) is 1. The van der Waals surface area contributed by atoms with Crippen LogP contribution in [0.3, 0.4) is 0 Å². The Morgan fingerprint density at radius 3 is 2.93 bits per heavy atom. The smallest absolute Gasteiger partial charge is 0.293 e. The van der Waals surface area contributed by atoms with E-state index < -0.39 is 6.10 Å². The van der Waals surface area contributed by atoms with Crippen molar-refractivity contribution in [2.45, 2.75) is 31.8 Å². The monoisotopic (exact) mass is 192 g/mol. The van der Waals surface area contributed by atoms with Crippen LogP contribution in [0.2, 0.25) is 0 Å². The summed E-state index contributed by atoms with van der Waals surface area (Å²) in [5.41, 5.74) is 1.90. The Morgan fingerprint density at radius 1 is 1.36 bits per heavy atom. The van der Waals surface area contributed by atoms with E-state index in [0.29, 0.717) is 12.9 Å². The van der Waals surface area contributed by atoms with Gasteiger partial charge in [-0.2, -0.15) is 0 Å². The van der Waals surface area contributed by atoms with Crippen molar-refractivity contribution < 1.29 is 14.3 Å². The van der Waals surface area contributed by atoms with Gasteiger partial charge in [0, 0.05) is 5.57 Å². The zero-order valence-electron chi connectivity index (χ0n) is 7.86. The molecule has 0 spiro atoms. The highest BCUT2D eigenvalue weighted by molar-refractivity contribution is 6.04. The second-order valence-electron chi connectivity index (χ2n) is 3.55. The largest absolute Gasteiger partial charge is 0.456 e. The van der Waals surface area contributed by atoms with Crippen LogP contribution < -0.4 is 0 Å². The third-order valence-corrected chi connectivity index (χ3v) is 2.71. The molecule has 0 aromatic rings. The quantitative estimate of drug-likeness (QED) is 0.623. The summed E-state index contributed by atoms with van der Waals surface area (Å²) < 4.78 is 4.75. The minimum Gasteiger partial charge on any atom is -0.456 e. The third kappa shape index (κ3) is 1.50. The molecule has 14 heavy (non-hydrogen) atoms. The Kier molecular flexibility index (Phi) is 2.48. The molecule has 1 atom stereocenters. The number of rotatable bonds is 2. The average Bonchev–Trinajstić information content (AvgIpc) is 2.23. The van der Waals surface area contributed by atoms with Gasteiger partial charge in [0.2, 0.25) is 5.78 Å². The van der Waals surface area contributed by atoms with Crippen LogP contribution in [0.25, 0.3) is 0 Å². The van der Waals surface area contributed by atoms with E-state index in [1.165, 1.54) is 0 Å². The first-order valence-electron chi connectivity index (χ1n) is 4.86. The van der Waals surface area contributed by atoms with Crippen molar-refractivity contribution in [1.82, 2.24) is 0 Å². The summed E-state index contributed by atoms with van der Waals surface area (Å²) >= 11 is 0. The maximum Gasteiger partial charge on any atom is 0.293 e. The molecule has 0 N–H and O–H groups in total. The van der Waals surface area contributed by atoms with Crippen molar-refractivity contribution >= 4 is 12.3 Å². The molecular formula is C11H12O3. The molecule has 0 aromatic heterocycles. The molecular weight excluding hydrogens is 180 g/mol. The molecule has 0 aromatic carbocycles. The standard InChI is InChI=1S/C11H12O3/c12-7-14-10-6-5-8-3-1-2-4-9(8)11(10)13/h3-4,7,10H,1-2,5-6H2. The van der Waals surface area contributed by atoms with Crippen molar-refractivity contribution in [1.29, 1.82) is 0 Å². The number of carbonyl (C=O) groups excluding carboxylic acids is 2. The predicted molar refractivity (Wildman–Crippen MR) is 50.6 cm³/mol. The fourth-order valence-electron chi connectivity index (χ4n) is 2.01. The summed E-state index contributed by atoms with van der Waals surface area (Å²) in [7, 11) is 0. The van der Waals surface area contributed by atoms with Gasteiger partial charge in [-0.1, -0.05) is 12.2 Å². The highest BCUT2D eigenvalue weighted by Crippen LogP contribution is 2.31. The third-order valence-electron chi connectivity index (χ3n) is 2.71. The number of allylic oxidation sites excluding steroid dienone is 3. The molecule has 2 aliphatic carbocycles. The van der Waals surface area contributed by atoms with Crippen LogP contribution in [0, 0.1) is 0 Å².